The third-order valence-electron chi connectivity index (χ3n) is 6.60. The van der Waals surface area contributed by atoms with Gasteiger partial charge in [-0.2, -0.15) is 0 Å². The number of piperidine rings is 1. The summed E-state index contributed by atoms with van der Waals surface area (Å²) in [4.78, 5) is 6.47. The van der Waals surface area contributed by atoms with Crippen LogP contribution in [0.4, 0.5) is 0 Å². The molecule has 2 heterocycles. The standard InChI is InChI=1S/C28H30N2/c1-3-11-22(12-4-1)18-20-30-19-10-9-15-24(30)21-26-25-16-7-8-17-27(25)29-28(26)23-13-5-2-6-14-23/h1-8,11-14,16-17,24,29H,9-10,15,18-21H2. The van der Waals surface area contributed by atoms with Crippen molar-refractivity contribution in [2.75, 3.05) is 13.1 Å². The van der Waals surface area contributed by atoms with E-state index in [-0.39, 0.29) is 0 Å². The molecule has 2 nitrogen and oxygen atoms in total. The average Bonchev–Trinajstić information content (AvgIpc) is 3.18. The van der Waals surface area contributed by atoms with Gasteiger partial charge in [0.15, 0.2) is 0 Å². The minimum Gasteiger partial charge on any atom is -0.354 e. The summed E-state index contributed by atoms with van der Waals surface area (Å²) in [7, 11) is 0. The van der Waals surface area contributed by atoms with Crippen molar-refractivity contribution in [3.8, 4) is 11.3 Å². The van der Waals surface area contributed by atoms with Crippen LogP contribution in [0.2, 0.25) is 0 Å². The Morgan fingerprint density at radius 1 is 0.800 bits per heavy atom. The highest BCUT2D eigenvalue weighted by Crippen LogP contribution is 2.33. The highest BCUT2D eigenvalue weighted by Gasteiger charge is 2.25. The fraction of sp³-hybridized carbons (Fsp3) is 0.286. The first-order chi connectivity index (χ1) is 14.9. The minimum atomic E-state index is 0.615. The number of nitrogens with one attached hydrogen (secondary N) is 1. The summed E-state index contributed by atoms with van der Waals surface area (Å²) < 4.78 is 0. The van der Waals surface area contributed by atoms with Gasteiger partial charge >= 0.3 is 0 Å². The second kappa shape index (κ2) is 8.89. The van der Waals surface area contributed by atoms with Crippen molar-refractivity contribution in [3.05, 3.63) is 96.1 Å². The van der Waals surface area contributed by atoms with E-state index in [4.69, 9.17) is 0 Å². The molecule has 0 amide bonds. The van der Waals surface area contributed by atoms with E-state index in [2.05, 4.69) is 94.8 Å². The van der Waals surface area contributed by atoms with Gasteiger partial charge < -0.3 is 4.98 Å². The van der Waals surface area contributed by atoms with Crippen LogP contribution in [0.3, 0.4) is 0 Å². The van der Waals surface area contributed by atoms with Crippen LogP contribution in [-0.2, 0) is 12.8 Å². The Kier molecular flexibility index (Phi) is 5.67. The first kappa shape index (κ1) is 19.1. The van der Waals surface area contributed by atoms with Gasteiger partial charge in [0.1, 0.15) is 0 Å². The topological polar surface area (TPSA) is 19.0 Å². The number of H-pyrrole nitrogens is 1. The minimum absolute atomic E-state index is 0.615. The number of nitrogens with zero attached hydrogens (tertiary/aromatic N) is 1. The molecule has 1 fully saturated rings. The fourth-order valence-corrected chi connectivity index (χ4v) is 5.00. The summed E-state index contributed by atoms with van der Waals surface area (Å²) >= 11 is 0. The summed E-state index contributed by atoms with van der Waals surface area (Å²) in [5, 5.41) is 1.38. The lowest BCUT2D eigenvalue weighted by atomic mass is 9.92. The third-order valence-corrected chi connectivity index (χ3v) is 6.60. The lowest BCUT2D eigenvalue weighted by Crippen LogP contribution is -2.42. The van der Waals surface area contributed by atoms with Crippen LogP contribution in [0, 0.1) is 0 Å². The summed E-state index contributed by atoms with van der Waals surface area (Å²) in [6.45, 7) is 2.37. The predicted octanol–water partition coefficient (Wildman–Crippen LogP) is 6.47. The summed E-state index contributed by atoms with van der Waals surface area (Å²) in [6.07, 6.45) is 6.21. The maximum atomic E-state index is 3.72. The Morgan fingerprint density at radius 2 is 1.53 bits per heavy atom. The van der Waals surface area contributed by atoms with Crippen LogP contribution < -0.4 is 0 Å². The Balaban J connectivity index is 1.43. The van der Waals surface area contributed by atoms with Crippen LogP contribution in [0.1, 0.15) is 30.4 Å². The van der Waals surface area contributed by atoms with Gasteiger partial charge in [-0.3, -0.25) is 4.90 Å². The van der Waals surface area contributed by atoms with Crippen LogP contribution >= 0.6 is 0 Å². The van der Waals surface area contributed by atoms with Gasteiger partial charge in [-0.25, -0.2) is 0 Å². The normalized spacial score (nSPS) is 17.4. The van der Waals surface area contributed by atoms with Gasteiger partial charge in [0, 0.05) is 29.2 Å². The van der Waals surface area contributed by atoms with Crippen molar-refractivity contribution < 1.29 is 0 Å². The first-order valence-corrected chi connectivity index (χ1v) is 11.3. The molecule has 2 heteroatoms. The zero-order valence-corrected chi connectivity index (χ0v) is 17.6. The van der Waals surface area contributed by atoms with Crippen LogP contribution in [0.5, 0.6) is 0 Å². The Labute approximate surface area is 179 Å². The molecule has 1 aliphatic rings. The number of hydrogen-bond donors (Lipinski definition) is 1. The van der Waals surface area contributed by atoms with Gasteiger partial charge in [0.2, 0.25) is 0 Å². The van der Waals surface area contributed by atoms with E-state index in [0.717, 1.165) is 19.4 Å². The van der Waals surface area contributed by atoms with Crippen LogP contribution in [0.25, 0.3) is 22.2 Å². The summed E-state index contributed by atoms with van der Waals surface area (Å²) in [6, 6.07) is 31.1. The van der Waals surface area contributed by atoms with E-state index in [1.807, 2.05) is 0 Å². The second-order valence-corrected chi connectivity index (χ2v) is 8.52. The van der Waals surface area contributed by atoms with Crippen molar-refractivity contribution in [1.82, 2.24) is 9.88 Å². The number of rotatable bonds is 6. The Hall–Kier alpha value is -2.84. The monoisotopic (exact) mass is 394 g/mol. The molecule has 0 radical (unpaired) electrons. The van der Waals surface area contributed by atoms with E-state index in [0.29, 0.717) is 6.04 Å². The number of para-hydroxylation sites is 1. The molecular formula is C28H30N2. The van der Waals surface area contributed by atoms with Gasteiger partial charge in [-0.15, -0.1) is 0 Å². The molecule has 4 aromatic rings. The SMILES string of the molecule is c1ccc(CCN2CCCCC2Cc2c(-c3ccccc3)[nH]c3ccccc23)cc1. The lowest BCUT2D eigenvalue weighted by Gasteiger charge is -2.36. The number of fused-ring (bicyclic) bond motifs is 1. The predicted molar refractivity (Wildman–Crippen MR) is 127 cm³/mol. The zero-order chi connectivity index (χ0) is 20.2. The van der Waals surface area contributed by atoms with Crippen molar-refractivity contribution in [1.29, 1.82) is 0 Å². The summed E-state index contributed by atoms with van der Waals surface area (Å²) in [5.74, 6) is 0. The van der Waals surface area contributed by atoms with E-state index in [9.17, 15) is 0 Å². The Bertz CT molecular complexity index is 1080. The van der Waals surface area contributed by atoms with Gasteiger partial charge in [0.25, 0.3) is 0 Å². The van der Waals surface area contributed by atoms with E-state index >= 15 is 0 Å². The second-order valence-electron chi connectivity index (χ2n) is 8.52. The molecule has 1 saturated heterocycles. The fourth-order valence-electron chi connectivity index (χ4n) is 5.00. The molecular weight excluding hydrogens is 364 g/mol. The third kappa shape index (κ3) is 4.06. The number of benzene rings is 3. The van der Waals surface area contributed by atoms with Crippen LogP contribution in [-0.4, -0.2) is 29.0 Å². The van der Waals surface area contributed by atoms with Crippen LogP contribution in [0.15, 0.2) is 84.9 Å². The molecule has 152 valence electrons. The average molecular weight is 395 g/mol. The first-order valence-electron chi connectivity index (χ1n) is 11.3. The molecule has 30 heavy (non-hydrogen) atoms. The molecule has 0 aliphatic carbocycles. The highest BCUT2D eigenvalue weighted by molar-refractivity contribution is 5.90. The highest BCUT2D eigenvalue weighted by atomic mass is 15.2. The van der Waals surface area contributed by atoms with Gasteiger partial charge in [-0.05, 0) is 55.0 Å². The molecule has 3 aromatic carbocycles. The molecule has 1 aromatic heterocycles. The van der Waals surface area contributed by atoms with E-state index in [1.54, 1.807) is 0 Å². The number of hydrogen-bond acceptors (Lipinski definition) is 1. The smallest absolute Gasteiger partial charge is 0.0497 e. The molecule has 0 bridgehead atoms. The molecule has 1 atom stereocenters. The van der Waals surface area contributed by atoms with Gasteiger partial charge in [-0.1, -0.05) is 85.3 Å². The molecule has 0 spiro atoms. The van der Waals surface area contributed by atoms with Gasteiger partial charge in [0.05, 0.1) is 0 Å². The van der Waals surface area contributed by atoms with E-state index < -0.39 is 0 Å². The maximum absolute atomic E-state index is 3.72. The maximum Gasteiger partial charge on any atom is 0.0497 e. The number of aromatic amines is 1. The van der Waals surface area contributed by atoms with Crippen molar-refractivity contribution in [2.24, 2.45) is 0 Å². The van der Waals surface area contributed by atoms with E-state index in [1.165, 1.54) is 59.1 Å². The summed E-state index contributed by atoms with van der Waals surface area (Å²) in [5.41, 5.74) is 6.76. The largest absolute Gasteiger partial charge is 0.354 e. The molecule has 1 aliphatic heterocycles. The zero-order valence-electron chi connectivity index (χ0n) is 17.6. The molecule has 0 saturated carbocycles. The molecule has 1 N–H and O–H groups in total. The van der Waals surface area contributed by atoms with Crippen molar-refractivity contribution in [2.45, 2.75) is 38.1 Å². The number of aromatic nitrogens is 1. The molecule has 1 unspecified atom stereocenters. The quantitative estimate of drug-likeness (QED) is 0.397. The van der Waals surface area contributed by atoms with Crippen molar-refractivity contribution in [3.63, 3.8) is 0 Å². The van der Waals surface area contributed by atoms with Crippen molar-refractivity contribution >= 4 is 10.9 Å². The molecule has 5 rings (SSSR count). The lowest BCUT2D eigenvalue weighted by molar-refractivity contribution is 0.149. The Morgan fingerprint density at radius 3 is 2.37 bits per heavy atom. The number of likely N-dealkylation sites (tertiary alicyclic amines) is 1.